The molecule has 0 heterocycles. The number of rotatable bonds is 5. The quantitative estimate of drug-likeness (QED) is 0.729. The van der Waals surface area contributed by atoms with Gasteiger partial charge in [0.25, 0.3) is 0 Å². The molecule has 1 aromatic rings. The Morgan fingerprint density at radius 1 is 1.31 bits per heavy atom. The van der Waals surface area contributed by atoms with E-state index in [1.165, 1.54) is 0 Å². The fourth-order valence-electron chi connectivity index (χ4n) is 2.00. The monoisotopic (exact) mass is 218 g/mol. The standard InChI is InChI=1S/C13H18N2O/c14-9-4-10-15-12(16)13(7-8-13)11-5-2-1-3-6-11/h1-3,5-6H,4,7-10,14H2,(H,15,16). The summed E-state index contributed by atoms with van der Waals surface area (Å²) in [6.07, 6.45) is 2.77. The number of amides is 1. The van der Waals surface area contributed by atoms with E-state index in [9.17, 15) is 4.79 Å². The van der Waals surface area contributed by atoms with Gasteiger partial charge < -0.3 is 11.1 Å². The second-order valence-corrected chi connectivity index (χ2v) is 4.35. The van der Waals surface area contributed by atoms with Gasteiger partial charge >= 0.3 is 0 Å². The Kier molecular flexibility index (Phi) is 3.25. The van der Waals surface area contributed by atoms with E-state index >= 15 is 0 Å². The molecule has 3 heteroatoms. The van der Waals surface area contributed by atoms with E-state index in [4.69, 9.17) is 5.73 Å². The van der Waals surface area contributed by atoms with Crippen LogP contribution in [0.25, 0.3) is 0 Å². The van der Waals surface area contributed by atoms with Crippen LogP contribution in [0.15, 0.2) is 30.3 Å². The molecule has 16 heavy (non-hydrogen) atoms. The molecule has 1 aliphatic rings. The highest BCUT2D eigenvalue weighted by atomic mass is 16.2. The van der Waals surface area contributed by atoms with Gasteiger partial charge in [-0.2, -0.15) is 0 Å². The average Bonchev–Trinajstić information content (AvgIpc) is 3.12. The molecular weight excluding hydrogens is 200 g/mol. The predicted octanol–water partition coefficient (Wildman–Crippen LogP) is 1.18. The minimum absolute atomic E-state index is 0.159. The van der Waals surface area contributed by atoms with Crippen molar-refractivity contribution in [1.82, 2.24) is 5.32 Å². The van der Waals surface area contributed by atoms with Crippen LogP contribution in [0, 0.1) is 0 Å². The Morgan fingerprint density at radius 2 is 2.00 bits per heavy atom. The van der Waals surface area contributed by atoms with E-state index in [0.717, 1.165) is 24.8 Å². The van der Waals surface area contributed by atoms with Crippen LogP contribution in [0.3, 0.4) is 0 Å². The second kappa shape index (κ2) is 4.66. The molecule has 0 radical (unpaired) electrons. The zero-order valence-electron chi connectivity index (χ0n) is 9.41. The molecule has 0 spiro atoms. The number of benzene rings is 1. The fourth-order valence-corrected chi connectivity index (χ4v) is 2.00. The summed E-state index contributed by atoms with van der Waals surface area (Å²) >= 11 is 0. The van der Waals surface area contributed by atoms with Crippen LogP contribution in [0.4, 0.5) is 0 Å². The average molecular weight is 218 g/mol. The van der Waals surface area contributed by atoms with Crippen molar-refractivity contribution in [3.63, 3.8) is 0 Å². The zero-order chi connectivity index (χ0) is 11.4. The summed E-state index contributed by atoms with van der Waals surface area (Å²) in [6.45, 7) is 1.31. The van der Waals surface area contributed by atoms with Crippen LogP contribution in [-0.2, 0) is 10.2 Å². The van der Waals surface area contributed by atoms with Crippen LogP contribution in [0.5, 0.6) is 0 Å². The molecule has 3 N–H and O–H groups in total. The van der Waals surface area contributed by atoms with E-state index in [0.29, 0.717) is 13.1 Å². The molecule has 1 fully saturated rings. The van der Waals surface area contributed by atoms with Crippen LogP contribution < -0.4 is 11.1 Å². The van der Waals surface area contributed by atoms with Crippen molar-refractivity contribution < 1.29 is 4.79 Å². The third-order valence-electron chi connectivity index (χ3n) is 3.18. The topological polar surface area (TPSA) is 55.1 Å². The first-order valence-corrected chi connectivity index (χ1v) is 5.83. The van der Waals surface area contributed by atoms with Crippen LogP contribution in [-0.4, -0.2) is 19.0 Å². The number of hydrogen-bond donors (Lipinski definition) is 2. The van der Waals surface area contributed by atoms with Gasteiger partial charge in [-0.15, -0.1) is 0 Å². The number of carbonyl (C=O) groups is 1. The number of hydrogen-bond acceptors (Lipinski definition) is 2. The second-order valence-electron chi connectivity index (χ2n) is 4.35. The number of nitrogens with one attached hydrogen (secondary N) is 1. The lowest BCUT2D eigenvalue weighted by Crippen LogP contribution is -2.35. The first kappa shape index (κ1) is 11.1. The molecule has 1 saturated carbocycles. The minimum Gasteiger partial charge on any atom is -0.355 e. The molecule has 3 nitrogen and oxygen atoms in total. The highest BCUT2D eigenvalue weighted by molar-refractivity contribution is 5.91. The van der Waals surface area contributed by atoms with Gasteiger partial charge in [0.2, 0.25) is 5.91 Å². The molecule has 0 unspecified atom stereocenters. The summed E-state index contributed by atoms with van der Waals surface area (Å²) in [5.74, 6) is 0.159. The van der Waals surface area contributed by atoms with Crippen molar-refractivity contribution in [1.29, 1.82) is 0 Å². The van der Waals surface area contributed by atoms with Gasteiger partial charge in [0.15, 0.2) is 0 Å². The Bertz CT molecular complexity index is 357. The van der Waals surface area contributed by atoms with Gasteiger partial charge in [0.1, 0.15) is 0 Å². The predicted molar refractivity (Wildman–Crippen MR) is 64.0 cm³/mol. The molecule has 0 aromatic heterocycles. The zero-order valence-corrected chi connectivity index (χ0v) is 9.41. The molecule has 0 aliphatic heterocycles. The minimum atomic E-state index is -0.240. The maximum Gasteiger partial charge on any atom is 0.230 e. The number of carbonyl (C=O) groups excluding carboxylic acids is 1. The van der Waals surface area contributed by atoms with Crippen molar-refractivity contribution in [2.45, 2.75) is 24.7 Å². The smallest absolute Gasteiger partial charge is 0.230 e. The maximum atomic E-state index is 12.1. The first-order valence-electron chi connectivity index (χ1n) is 5.83. The molecule has 1 aromatic carbocycles. The third-order valence-corrected chi connectivity index (χ3v) is 3.18. The SMILES string of the molecule is NCCCNC(=O)C1(c2ccccc2)CC1. The summed E-state index contributed by atoms with van der Waals surface area (Å²) in [6, 6.07) is 10.0. The summed E-state index contributed by atoms with van der Waals surface area (Å²) in [4.78, 5) is 12.1. The highest BCUT2D eigenvalue weighted by Crippen LogP contribution is 2.48. The van der Waals surface area contributed by atoms with E-state index in [1.54, 1.807) is 0 Å². The molecule has 0 atom stereocenters. The Balaban J connectivity index is 2.00. The summed E-state index contributed by atoms with van der Waals surface area (Å²) < 4.78 is 0. The Morgan fingerprint density at radius 3 is 2.56 bits per heavy atom. The Labute approximate surface area is 96.0 Å². The molecule has 86 valence electrons. The van der Waals surface area contributed by atoms with Gasteiger partial charge in [-0.05, 0) is 31.4 Å². The van der Waals surface area contributed by atoms with Crippen molar-refractivity contribution in [2.24, 2.45) is 5.73 Å². The van der Waals surface area contributed by atoms with Crippen molar-refractivity contribution in [3.8, 4) is 0 Å². The molecule has 0 saturated heterocycles. The third kappa shape index (κ3) is 2.09. The lowest BCUT2D eigenvalue weighted by atomic mass is 9.95. The molecule has 0 bridgehead atoms. The van der Waals surface area contributed by atoms with E-state index in [2.05, 4.69) is 5.32 Å². The van der Waals surface area contributed by atoms with Crippen molar-refractivity contribution >= 4 is 5.91 Å². The van der Waals surface area contributed by atoms with Gasteiger partial charge in [-0.25, -0.2) is 0 Å². The van der Waals surface area contributed by atoms with Gasteiger partial charge in [-0.3, -0.25) is 4.79 Å². The summed E-state index contributed by atoms with van der Waals surface area (Å²) in [5, 5.41) is 2.97. The van der Waals surface area contributed by atoms with Crippen LogP contribution in [0.2, 0.25) is 0 Å². The maximum absolute atomic E-state index is 12.1. The molecular formula is C13H18N2O. The van der Waals surface area contributed by atoms with Crippen molar-refractivity contribution in [2.75, 3.05) is 13.1 Å². The van der Waals surface area contributed by atoms with E-state index in [1.807, 2.05) is 30.3 Å². The van der Waals surface area contributed by atoms with Gasteiger partial charge in [0.05, 0.1) is 5.41 Å². The number of nitrogens with two attached hydrogens (primary N) is 1. The first-order chi connectivity index (χ1) is 7.79. The lowest BCUT2D eigenvalue weighted by Gasteiger charge is -2.15. The van der Waals surface area contributed by atoms with Crippen LogP contribution in [0.1, 0.15) is 24.8 Å². The van der Waals surface area contributed by atoms with E-state index in [-0.39, 0.29) is 11.3 Å². The molecule has 1 amide bonds. The summed E-state index contributed by atoms with van der Waals surface area (Å²) in [5.41, 5.74) is 6.30. The molecule has 1 aliphatic carbocycles. The normalized spacial score (nSPS) is 16.8. The van der Waals surface area contributed by atoms with Gasteiger partial charge in [0, 0.05) is 6.54 Å². The highest BCUT2D eigenvalue weighted by Gasteiger charge is 2.50. The fraction of sp³-hybridized carbons (Fsp3) is 0.462. The van der Waals surface area contributed by atoms with Crippen molar-refractivity contribution in [3.05, 3.63) is 35.9 Å². The van der Waals surface area contributed by atoms with Crippen LogP contribution >= 0.6 is 0 Å². The Hall–Kier alpha value is -1.35. The molecule has 2 rings (SSSR count). The van der Waals surface area contributed by atoms with E-state index < -0.39 is 0 Å². The largest absolute Gasteiger partial charge is 0.355 e. The summed E-state index contributed by atoms with van der Waals surface area (Å²) in [7, 11) is 0. The van der Waals surface area contributed by atoms with Gasteiger partial charge in [-0.1, -0.05) is 30.3 Å². The lowest BCUT2D eigenvalue weighted by molar-refractivity contribution is -0.123.